The van der Waals surface area contributed by atoms with Crippen molar-refractivity contribution in [2.75, 3.05) is 20.3 Å². The minimum absolute atomic E-state index is 0.176. The molecule has 66 valence electrons. The van der Waals surface area contributed by atoms with Crippen molar-refractivity contribution >= 4 is 11.9 Å². The molecule has 0 aromatic heterocycles. The lowest BCUT2D eigenvalue weighted by Gasteiger charge is -2.16. The van der Waals surface area contributed by atoms with Gasteiger partial charge in [0.05, 0.1) is 6.61 Å². The molecule has 2 saturated heterocycles. The highest BCUT2D eigenvalue weighted by molar-refractivity contribution is 6.07. The number of nitrogens with one attached hydrogen (secondary N) is 1. The Morgan fingerprint density at radius 1 is 1.58 bits per heavy atom. The van der Waals surface area contributed by atoms with Crippen LogP contribution < -0.4 is 5.32 Å². The number of urea groups is 1. The van der Waals surface area contributed by atoms with E-state index in [1.807, 2.05) is 0 Å². The van der Waals surface area contributed by atoms with Gasteiger partial charge in [-0.25, -0.2) is 4.79 Å². The van der Waals surface area contributed by atoms with Crippen molar-refractivity contribution in [2.24, 2.45) is 0 Å². The first kappa shape index (κ1) is 7.54. The predicted octanol–water partition coefficient (Wildman–Crippen LogP) is -0.673. The molecule has 0 radical (unpaired) electrons. The average Bonchev–Trinajstić information content (AvgIpc) is 2.57. The van der Waals surface area contributed by atoms with E-state index >= 15 is 0 Å². The number of hydrogen-bond acceptors (Lipinski definition) is 3. The van der Waals surface area contributed by atoms with E-state index in [1.54, 1.807) is 0 Å². The molecule has 5 heteroatoms. The second kappa shape index (κ2) is 2.20. The SMILES string of the molecule is CN1C(=O)N[C@]2(CCOC2)C1=O. The molecule has 3 amide bonds. The Balaban J connectivity index is 2.29. The molecular formula is C7H10N2O3. The summed E-state index contributed by atoms with van der Waals surface area (Å²) in [5, 5.41) is 2.64. The molecule has 2 aliphatic rings. The van der Waals surface area contributed by atoms with Crippen LogP contribution in [0, 0.1) is 0 Å². The normalized spacial score (nSPS) is 34.9. The third kappa shape index (κ3) is 0.768. The van der Waals surface area contributed by atoms with Gasteiger partial charge in [-0.15, -0.1) is 0 Å². The number of rotatable bonds is 0. The largest absolute Gasteiger partial charge is 0.378 e. The number of hydrogen-bond donors (Lipinski definition) is 1. The Hall–Kier alpha value is -1.10. The summed E-state index contributed by atoms with van der Waals surface area (Å²) in [4.78, 5) is 23.7. The second-order valence-electron chi connectivity index (χ2n) is 3.18. The van der Waals surface area contributed by atoms with E-state index < -0.39 is 5.54 Å². The molecule has 12 heavy (non-hydrogen) atoms. The van der Waals surface area contributed by atoms with Crippen LogP contribution in [0.15, 0.2) is 0 Å². The van der Waals surface area contributed by atoms with Crippen molar-refractivity contribution in [3.8, 4) is 0 Å². The standard InChI is InChI=1S/C7H10N2O3/c1-9-5(10)7(8-6(9)11)2-3-12-4-7/h2-4H2,1H3,(H,8,11)/t7-/m0/s1. The van der Waals surface area contributed by atoms with E-state index in [1.165, 1.54) is 7.05 Å². The van der Waals surface area contributed by atoms with Crippen LogP contribution in [0.2, 0.25) is 0 Å². The Kier molecular flexibility index (Phi) is 1.38. The third-order valence-electron chi connectivity index (χ3n) is 2.39. The Bertz CT molecular complexity index is 245. The lowest BCUT2D eigenvalue weighted by Crippen LogP contribution is -2.47. The number of amides is 3. The molecule has 0 saturated carbocycles. The van der Waals surface area contributed by atoms with Gasteiger partial charge < -0.3 is 10.1 Å². The molecule has 2 aliphatic heterocycles. The zero-order valence-corrected chi connectivity index (χ0v) is 6.79. The quantitative estimate of drug-likeness (QED) is 0.490. The highest BCUT2D eigenvalue weighted by atomic mass is 16.5. The monoisotopic (exact) mass is 170 g/mol. The number of imide groups is 1. The van der Waals surface area contributed by atoms with Gasteiger partial charge in [0.15, 0.2) is 0 Å². The summed E-state index contributed by atoms with van der Waals surface area (Å²) < 4.78 is 5.09. The summed E-state index contributed by atoms with van der Waals surface area (Å²) >= 11 is 0. The van der Waals surface area contributed by atoms with Crippen LogP contribution in [0.1, 0.15) is 6.42 Å². The average molecular weight is 170 g/mol. The van der Waals surface area contributed by atoms with E-state index in [4.69, 9.17) is 4.74 Å². The highest BCUT2D eigenvalue weighted by Crippen LogP contribution is 2.25. The van der Waals surface area contributed by atoms with Crippen LogP contribution in [0.3, 0.4) is 0 Å². The van der Waals surface area contributed by atoms with E-state index in [9.17, 15) is 9.59 Å². The van der Waals surface area contributed by atoms with Gasteiger partial charge in [-0.2, -0.15) is 0 Å². The van der Waals surface area contributed by atoms with Crippen molar-refractivity contribution in [3.63, 3.8) is 0 Å². The van der Waals surface area contributed by atoms with Crippen LogP contribution >= 0.6 is 0 Å². The Morgan fingerprint density at radius 2 is 2.33 bits per heavy atom. The summed E-state index contributed by atoms with van der Waals surface area (Å²) in [6.45, 7) is 0.849. The topological polar surface area (TPSA) is 58.6 Å². The fraction of sp³-hybridized carbons (Fsp3) is 0.714. The molecule has 1 spiro atoms. The maximum Gasteiger partial charge on any atom is 0.324 e. The second-order valence-corrected chi connectivity index (χ2v) is 3.18. The first-order valence-corrected chi connectivity index (χ1v) is 3.84. The van der Waals surface area contributed by atoms with Crippen molar-refractivity contribution in [3.05, 3.63) is 0 Å². The fourth-order valence-corrected chi connectivity index (χ4v) is 1.59. The van der Waals surface area contributed by atoms with Crippen LogP contribution in [0.25, 0.3) is 0 Å². The number of carbonyl (C=O) groups is 2. The molecule has 2 fully saturated rings. The first-order valence-electron chi connectivity index (χ1n) is 3.84. The van der Waals surface area contributed by atoms with E-state index in [0.717, 1.165) is 4.90 Å². The van der Waals surface area contributed by atoms with Crippen LogP contribution in [-0.2, 0) is 9.53 Å². The van der Waals surface area contributed by atoms with Crippen LogP contribution in [-0.4, -0.2) is 42.6 Å². The summed E-state index contributed by atoms with van der Waals surface area (Å²) in [6.07, 6.45) is 0.585. The number of carbonyl (C=O) groups excluding carboxylic acids is 2. The van der Waals surface area contributed by atoms with E-state index in [0.29, 0.717) is 19.6 Å². The smallest absolute Gasteiger partial charge is 0.324 e. The molecule has 0 unspecified atom stereocenters. The molecular weight excluding hydrogens is 160 g/mol. The third-order valence-corrected chi connectivity index (χ3v) is 2.39. The molecule has 5 nitrogen and oxygen atoms in total. The van der Waals surface area contributed by atoms with Gasteiger partial charge in [-0.3, -0.25) is 9.69 Å². The molecule has 0 aromatic carbocycles. The van der Waals surface area contributed by atoms with Crippen molar-refractivity contribution in [2.45, 2.75) is 12.0 Å². The summed E-state index contributed by atoms with van der Waals surface area (Å²) in [7, 11) is 1.48. The molecule has 0 aliphatic carbocycles. The van der Waals surface area contributed by atoms with Gasteiger partial charge in [0.25, 0.3) is 5.91 Å². The first-order chi connectivity index (χ1) is 5.66. The zero-order valence-electron chi connectivity index (χ0n) is 6.79. The molecule has 0 bridgehead atoms. The molecule has 2 heterocycles. The van der Waals surface area contributed by atoms with Crippen molar-refractivity contribution in [1.82, 2.24) is 10.2 Å². The number of ether oxygens (including phenoxy) is 1. The van der Waals surface area contributed by atoms with E-state index in [2.05, 4.69) is 5.32 Å². The lowest BCUT2D eigenvalue weighted by atomic mass is 9.99. The molecule has 1 N–H and O–H groups in total. The maximum absolute atomic E-state index is 11.5. The number of nitrogens with zero attached hydrogens (tertiary/aromatic N) is 1. The Labute approximate surface area is 69.7 Å². The van der Waals surface area contributed by atoms with Crippen molar-refractivity contribution in [1.29, 1.82) is 0 Å². The van der Waals surface area contributed by atoms with E-state index in [-0.39, 0.29) is 11.9 Å². The fourth-order valence-electron chi connectivity index (χ4n) is 1.59. The minimum atomic E-state index is -0.744. The minimum Gasteiger partial charge on any atom is -0.378 e. The van der Waals surface area contributed by atoms with Gasteiger partial charge in [0.1, 0.15) is 5.54 Å². The van der Waals surface area contributed by atoms with Gasteiger partial charge in [-0.05, 0) is 0 Å². The highest BCUT2D eigenvalue weighted by Gasteiger charge is 2.52. The van der Waals surface area contributed by atoms with Crippen LogP contribution in [0.4, 0.5) is 4.79 Å². The zero-order chi connectivity index (χ0) is 8.77. The van der Waals surface area contributed by atoms with Gasteiger partial charge in [-0.1, -0.05) is 0 Å². The lowest BCUT2D eigenvalue weighted by molar-refractivity contribution is -0.130. The van der Waals surface area contributed by atoms with Gasteiger partial charge >= 0.3 is 6.03 Å². The van der Waals surface area contributed by atoms with Gasteiger partial charge in [0.2, 0.25) is 0 Å². The predicted molar refractivity (Wildman–Crippen MR) is 39.5 cm³/mol. The summed E-state index contributed by atoms with van der Waals surface area (Å²) in [5.41, 5.74) is -0.744. The molecule has 1 atom stereocenters. The van der Waals surface area contributed by atoms with Crippen LogP contribution in [0.5, 0.6) is 0 Å². The molecule has 2 rings (SSSR count). The maximum atomic E-state index is 11.5. The summed E-state index contributed by atoms with van der Waals surface area (Å²) in [5.74, 6) is -0.176. The van der Waals surface area contributed by atoms with Crippen molar-refractivity contribution < 1.29 is 14.3 Å². The Morgan fingerprint density at radius 3 is 2.75 bits per heavy atom. The van der Waals surface area contributed by atoms with Gasteiger partial charge in [0, 0.05) is 20.1 Å². The summed E-state index contributed by atoms with van der Waals surface area (Å²) in [6, 6.07) is -0.328. The number of likely N-dealkylation sites (N-methyl/N-ethyl adjacent to an activating group) is 1. The molecule has 0 aromatic rings.